The quantitative estimate of drug-likeness (QED) is 0.371. The Morgan fingerprint density at radius 2 is 1.88 bits per heavy atom. The van der Waals surface area contributed by atoms with Gasteiger partial charge in [0.05, 0.1) is 18.5 Å². The van der Waals surface area contributed by atoms with E-state index in [1.807, 2.05) is 30.3 Å². The highest BCUT2D eigenvalue weighted by Crippen LogP contribution is 2.59. The second kappa shape index (κ2) is 10.3. The highest BCUT2D eigenvalue weighted by atomic mass is 19.4. The molecule has 2 aliphatic heterocycles. The summed E-state index contributed by atoms with van der Waals surface area (Å²) in [4.78, 5) is 17.3. The van der Waals surface area contributed by atoms with Crippen LogP contribution in [0.2, 0.25) is 0 Å². The number of ether oxygens (including phenoxy) is 3. The maximum atomic E-state index is 14.7. The number of rotatable bonds is 6. The second-order valence-electron chi connectivity index (χ2n) is 10.1. The molecule has 1 saturated heterocycles. The number of pyridine rings is 1. The summed E-state index contributed by atoms with van der Waals surface area (Å²) in [6.07, 6.45) is -5.84. The van der Waals surface area contributed by atoms with Crippen LogP contribution in [0.1, 0.15) is 58.7 Å². The molecule has 4 atom stereocenters. The lowest BCUT2D eigenvalue weighted by molar-refractivity contribution is -0.275. The van der Waals surface area contributed by atoms with Crippen LogP contribution in [0.4, 0.5) is 22.0 Å². The van der Waals surface area contributed by atoms with Gasteiger partial charge in [0, 0.05) is 36.4 Å². The summed E-state index contributed by atoms with van der Waals surface area (Å²) in [5, 5.41) is 2.73. The minimum atomic E-state index is -4.80. The highest BCUT2D eigenvalue weighted by Gasteiger charge is 2.65. The highest BCUT2D eigenvalue weighted by molar-refractivity contribution is 5.99. The molecule has 2 aromatic carbocycles. The van der Waals surface area contributed by atoms with Crippen molar-refractivity contribution in [3.05, 3.63) is 88.2 Å². The van der Waals surface area contributed by atoms with Crippen molar-refractivity contribution >= 4 is 5.91 Å². The van der Waals surface area contributed by atoms with Crippen molar-refractivity contribution in [3.63, 3.8) is 0 Å². The predicted octanol–water partition coefficient (Wildman–Crippen LogP) is 6.05. The van der Waals surface area contributed by atoms with Crippen LogP contribution in [0.5, 0.6) is 11.5 Å². The molecule has 0 radical (unpaired) electrons. The molecule has 0 unspecified atom stereocenters. The molecule has 212 valence electrons. The topological polar surface area (TPSA) is 69.7 Å². The fourth-order valence-electron chi connectivity index (χ4n) is 5.46. The average molecular weight is 563 g/mol. The smallest absolute Gasteiger partial charge is 0.417 e. The van der Waals surface area contributed by atoms with E-state index in [1.54, 1.807) is 0 Å². The van der Waals surface area contributed by atoms with Crippen molar-refractivity contribution in [1.29, 1.82) is 0 Å². The zero-order valence-electron chi connectivity index (χ0n) is 21.9. The SMILES string of the molecule is COc1c([C@H]2[C@H](c3cc(OCc4ccccc4)c4c(n3)CCNC4=O)O[C@@](C)(C(F)(F)F)[C@H]2C)ccc(F)c1F. The first-order valence-corrected chi connectivity index (χ1v) is 12.7. The molecule has 0 saturated carbocycles. The number of carbonyl (C=O) groups excluding carboxylic acids is 1. The van der Waals surface area contributed by atoms with E-state index in [0.717, 1.165) is 25.7 Å². The molecule has 5 rings (SSSR count). The molecule has 11 heteroatoms. The van der Waals surface area contributed by atoms with Crippen molar-refractivity contribution in [2.45, 2.75) is 50.7 Å². The molecule has 0 aliphatic carbocycles. The van der Waals surface area contributed by atoms with E-state index in [9.17, 15) is 26.7 Å². The number of carbonyl (C=O) groups is 1. The van der Waals surface area contributed by atoms with Crippen LogP contribution in [0.25, 0.3) is 0 Å². The fourth-order valence-corrected chi connectivity index (χ4v) is 5.46. The normalized spacial score (nSPS) is 24.4. The Morgan fingerprint density at radius 1 is 1.15 bits per heavy atom. The van der Waals surface area contributed by atoms with Gasteiger partial charge in [-0.05, 0) is 18.6 Å². The first kappa shape index (κ1) is 27.8. The fraction of sp³-hybridized carbons (Fsp3) is 0.379. The minimum absolute atomic E-state index is 0.0101. The first-order chi connectivity index (χ1) is 19.0. The lowest BCUT2D eigenvalue weighted by Gasteiger charge is -2.32. The van der Waals surface area contributed by atoms with Crippen LogP contribution in [-0.4, -0.2) is 36.3 Å². The number of fused-ring (bicyclic) bond motifs is 1. The third-order valence-electron chi connectivity index (χ3n) is 7.79. The summed E-state index contributed by atoms with van der Waals surface area (Å²) in [6, 6.07) is 12.6. The second-order valence-corrected chi connectivity index (χ2v) is 10.1. The van der Waals surface area contributed by atoms with Gasteiger partial charge in [-0.15, -0.1) is 0 Å². The average Bonchev–Trinajstić information content (AvgIpc) is 3.20. The Morgan fingerprint density at radius 3 is 2.55 bits per heavy atom. The molecule has 0 bridgehead atoms. The van der Waals surface area contributed by atoms with Gasteiger partial charge in [-0.1, -0.05) is 43.3 Å². The number of halogens is 5. The van der Waals surface area contributed by atoms with Crippen LogP contribution in [0.3, 0.4) is 0 Å². The van der Waals surface area contributed by atoms with Crippen LogP contribution < -0.4 is 14.8 Å². The number of methoxy groups -OCH3 is 1. The molecule has 1 N–H and O–H groups in total. The van der Waals surface area contributed by atoms with Gasteiger partial charge >= 0.3 is 6.18 Å². The summed E-state index contributed by atoms with van der Waals surface area (Å²) >= 11 is 0. The van der Waals surface area contributed by atoms with Gasteiger partial charge in [0.15, 0.2) is 17.2 Å². The van der Waals surface area contributed by atoms with Crippen molar-refractivity contribution in [2.24, 2.45) is 5.92 Å². The van der Waals surface area contributed by atoms with E-state index in [0.29, 0.717) is 12.1 Å². The predicted molar refractivity (Wildman–Crippen MR) is 134 cm³/mol. The lowest BCUT2D eigenvalue weighted by atomic mass is 9.76. The van der Waals surface area contributed by atoms with Gasteiger partial charge in [-0.25, -0.2) is 4.39 Å². The molecule has 3 aromatic rings. The number of hydrogen-bond acceptors (Lipinski definition) is 5. The van der Waals surface area contributed by atoms with Crippen molar-refractivity contribution in [1.82, 2.24) is 10.3 Å². The van der Waals surface area contributed by atoms with E-state index in [-0.39, 0.29) is 35.7 Å². The van der Waals surface area contributed by atoms with Crippen molar-refractivity contribution < 1.29 is 41.0 Å². The third-order valence-corrected chi connectivity index (χ3v) is 7.79. The molecule has 2 aliphatic rings. The van der Waals surface area contributed by atoms with Crippen LogP contribution >= 0.6 is 0 Å². The number of aromatic nitrogens is 1. The Labute approximate surface area is 227 Å². The van der Waals surface area contributed by atoms with Gasteiger partial charge < -0.3 is 19.5 Å². The summed E-state index contributed by atoms with van der Waals surface area (Å²) in [5.41, 5.74) is -1.22. The summed E-state index contributed by atoms with van der Waals surface area (Å²) in [7, 11) is 1.12. The van der Waals surface area contributed by atoms with Crippen molar-refractivity contribution in [2.75, 3.05) is 13.7 Å². The molecule has 1 amide bonds. The summed E-state index contributed by atoms with van der Waals surface area (Å²) in [6.45, 7) is 2.64. The number of nitrogens with zero attached hydrogens (tertiary/aromatic N) is 1. The van der Waals surface area contributed by atoms with Crippen LogP contribution in [0.15, 0.2) is 48.5 Å². The molecule has 3 heterocycles. The number of nitrogens with one attached hydrogen (secondary N) is 1. The summed E-state index contributed by atoms with van der Waals surface area (Å²) < 4.78 is 89.0. The van der Waals surface area contributed by atoms with Crippen LogP contribution in [-0.2, 0) is 17.8 Å². The lowest BCUT2D eigenvalue weighted by Crippen LogP contribution is -2.46. The number of alkyl halides is 3. The Balaban J connectivity index is 1.66. The maximum absolute atomic E-state index is 14.7. The van der Waals surface area contributed by atoms with E-state index in [4.69, 9.17) is 14.2 Å². The largest absolute Gasteiger partial charge is 0.493 e. The Kier molecular flexibility index (Phi) is 7.20. The van der Waals surface area contributed by atoms with Gasteiger partial charge in [-0.3, -0.25) is 9.78 Å². The Hall–Kier alpha value is -3.73. The number of benzene rings is 2. The molecule has 1 aromatic heterocycles. The number of hydrogen-bond donors (Lipinski definition) is 1. The molecule has 0 spiro atoms. The molecular formula is C29H27F5N2O4. The third kappa shape index (κ3) is 4.66. The monoisotopic (exact) mass is 562 g/mol. The standard InChI is InChI=1S/C29H27F5N2O4/c1-15-22(17-9-10-18(30)24(31)25(17)38-3)26(40-28(15,2)29(32,33)34)20-13-21(39-14-16-7-5-4-6-8-16)23-19(36-20)11-12-35-27(23)37/h4-10,13,15,22,26H,11-12,14H2,1-3H3,(H,35,37)/t15-,22-,26-,28+/m0/s1. The van der Waals surface area contributed by atoms with Gasteiger partial charge in [0.25, 0.3) is 5.91 Å². The zero-order chi connectivity index (χ0) is 28.8. The van der Waals surface area contributed by atoms with E-state index in [2.05, 4.69) is 10.3 Å². The van der Waals surface area contributed by atoms with E-state index < -0.39 is 53.0 Å². The van der Waals surface area contributed by atoms with Gasteiger partial charge in [-0.2, -0.15) is 17.6 Å². The van der Waals surface area contributed by atoms with Gasteiger partial charge in [0.2, 0.25) is 5.82 Å². The summed E-state index contributed by atoms with van der Waals surface area (Å²) in [5.74, 6) is -5.69. The first-order valence-electron chi connectivity index (χ1n) is 12.7. The molecule has 40 heavy (non-hydrogen) atoms. The Bertz CT molecular complexity index is 1430. The van der Waals surface area contributed by atoms with E-state index >= 15 is 0 Å². The minimum Gasteiger partial charge on any atom is -0.493 e. The van der Waals surface area contributed by atoms with Crippen LogP contribution in [0, 0.1) is 17.6 Å². The number of amides is 1. The van der Waals surface area contributed by atoms with Gasteiger partial charge in [0.1, 0.15) is 24.0 Å². The maximum Gasteiger partial charge on any atom is 0.417 e. The van der Waals surface area contributed by atoms with E-state index in [1.165, 1.54) is 19.1 Å². The molecular weight excluding hydrogens is 535 g/mol. The van der Waals surface area contributed by atoms with Crippen molar-refractivity contribution in [3.8, 4) is 11.5 Å². The molecule has 1 fully saturated rings. The molecule has 6 nitrogen and oxygen atoms in total. The zero-order valence-corrected chi connectivity index (χ0v) is 21.9.